The van der Waals surface area contributed by atoms with Crippen LogP contribution < -0.4 is 20.1 Å². The van der Waals surface area contributed by atoms with Crippen LogP contribution in [0.15, 0.2) is 36.5 Å². The van der Waals surface area contributed by atoms with E-state index >= 15 is 0 Å². The fourth-order valence-corrected chi connectivity index (χ4v) is 3.52. The van der Waals surface area contributed by atoms with Crippen LogP contribution in [0.1, 0.15) is 10.4 Å². The minimum atomic E-state index is -0.140. The van der Waals surface area contributed by atoms with Gasteiger partial charge in [0.25, 0.3) is 5.91 Å². The van der Waals surface area contributed by atoms with Gasteiger partial charge in [0.2, 0.25) is 5.91 Å². The minimum absolute atomic E-state index is 0.0718. The number of hydrogen-bond donors (Lipinski definition) is 2. The summed E-state index contributed by atoms with van der Waals surface area (Å²) in [6.07, 6.45) is 1.56. The first kappa shape index (κ1) is 20.0. The highest BCUT2D eigenvalue weighted by atomic mass is 16.5. The molecule has 3 heterocycles. The Balaban J connectivity index is 1.25. The molecule has 0 saturated carbocycles. The summed E-state index contributed by atoms with van der Waals surface area (Å²) in [7, 11) is 1.63. The molecule has 1 saturated heterocycles. The van der Waals surface area contributed by atoms with E-state index in [1.54, 1.807) is 19.4 Å². The van der Waals surface area contributed by atoms with Crippen LogP contribution in [0.25, 0.3) is 0 Å². The summed E-state index contributed by atoms with van der Waals surface area (Å²) in [6, 6.07) is 9.23. The first-order valence-corrected chi connectivity index (χ1v) is 9.94. The van der Waals surface area contributed by atoms with Crippen LogP contribution in [0, 0.1) is 0 Å². The second-order valence-electron chi connectivity index (χ2n) is 7.18. The smallest absolute Gasteiger partial charge is 0.255 e. The van der Waals surface area contributed by atoms with Crippen molar-refractivity contribution in [2.45, 2.75) is 0 Å². The largest absolute Gasteiger partial charge is 0.497 e. The SMILES string of the molecule is COc1cccc(OCCN2CCN(C(=O)c3cnc4c(c3)NC(=O)CN4)CC2)c1. The van der Waals surface area contributed by atoms with E-state index in [0.29, 0.717) is 36.8 Å². The number of benzene rings is 1. The normalized spacial score (nSPS) is 16.3. The van der Waals surface area contributed by atoms with Gasteiger partial charge in [-0.15, -0.1) is 0 Å². The third-order valence-electron chi connectivity index (χ3n) is 5.20. The molecule has 1 fully saturated rings. The number of carbonyl (C=O) groups is 2. The maximum atomic E-state index is 12.8. The van der Waals surface area contributed by atoms with Crippen molar-refractivity contribution in [2.24, 2.45) is 0 Å². The van der Waals surface area contributed by atoms with Crippen molar-refractivity contribution in [3.63, 3.8) is 0 Å². The number of hydrogen-bond acceptors (Lipinski definition) is 7. The molecule has 1 aromatic heterocycles. The summed E-state index contributed by atoms with van der Waals surface area (Å²) in [5.74, 6) is 1.93. The number of nitrogens with one attached hydrogen (secondary N) is 2. The maximum Gasteiger partial charge on any atom is 0.255 e. The van der Waals surface area contributed by atoms with Crippen LogP contribution in [0.3, 0.4) is 0 Å². The van der Waals surface area contributed by atoms with Crippen molar-refractivity contribution in [3.05, 3.63) is 42.1 Å². The number of nitrogens with zero attached hydrogens (tertiary/aromatic N) is 3. The number of amides is 2. The van der Waals surface area contributed by atoms with Gasteiger partial charge < -0.3 is 25.0 Å². The molecular formula is C21H25N5O4. The summed E-state index contributed by atoms with van der Waals surface area (Å²) in [5.41, 5.74) is 1.03. The second-order valence-corrected chi connectivity index (χ2v) is 7.18. The van der Waals surface area contributed by atoms with Gasteiger partial charge in [0.05, 0.1) is 24.9 Å². The van der Waals surface area contributed by atoms with E-state index in [0.717, 1.165) is 31.1 Å². The molecule has 0 spiro atoms. The molecule has 0 unspecified atom stereocenters. The number of rotatable bonds is 6. The third-order valence-corrected chi connectivity index (χ3v) is 5.20. The number of pyridine rings is 1. The van der Waals surface area contributed by atoms with Gasteiger partial charge in [0.1, 0.15) is 23.9 Å². The molecule has 30 heavy (non-hydrogen) atoms. The molecular weight excluding hydrogens is 386 g/mol. The maximum absolute atomic E-state index is 12.8. The van der Waals surface area contributed by atoms with Gasteiger partial charge in [-0.25, -0.2) is 4.98 Å². The van der Waals surface area contributed by atoms with E-state index in [1.165, 1.54) is 0 Å². The lowest BCUT2D eigenvalue weighted by Gasteiger charge is -2.34. The molecule has 0 aliphatic carbocycles. The molecule has 0 radical (unpaired) electrons. The average Bonchev–Trinajstić information content (AvgIpc) is 2.78. The summed E-state index contributed by atoms with van der Waals surface area (Å²) in [4.78, 5) is 32.7. The number of piperazine rings is 1. The number of fused-ring (bicyclic) bond motifs is 1. The summed E-state index contributed by atoms with van der Waals surface area (Å²) in [5, 5.41) is 5.67. The number of methoxy groups -OCH3 is 1. The van der Waals surface area contributed by atoms with E-state index < -0.39 is 0 Å². The van der Waals surface area contributed by atoms with E-state index in [9.17, 15) is 9.59 Å². The summed E-state index contributed by atoms with van der Waals surface area (Å²) >= 11 is 0. The van der Waals surface area contributed by atoms with Gasteiger partial charge in [-0.2, -0.15) is 0 Å². The highest BCUT2D eigenvalue weighted by Crippen LogP contribution is 2.24. The zero-order valence-electron chi connectivity index (χ0n) is 16.9. The highest BCUT2D eigenvalue weighted by molar-refractivity contribution is 6.02. The van der Waals surface area contributed by atoms with E-state index in [-0.39, 0.29) is 18.4 Å². The summed E-state index contributed by atoms with van der Waals surface area (Å²) < 4.78 is 11.0. The van der Waals surface area contributed by atoms with Crippen LogP contribution in [-0.4, -0.2) is 79.6 Å². The van der Waals surface area contributed by atoms with Gasteiger partial charge in [-0.3, -0.25) is 14.5 Å². The molecule has 0 bridgehead atoms. The Morgan fingerprint density at radius 2 is 1.97 bits per heavy atom. The fraction of sp³-hybridized carbons (Fsp3) is 0.381. The molecule has 2 aromatic rings. The Bertz CT molecular complexity index is 927. The lowest BCUT2D eigenvalue weighted by molar-refractivity contribution is -0.114. The molecule has 0 atom stereocenters. The quantitative estimate of drug-likeness (QED) is 0.739. The van der Waals surface area contributed by atoms with Gasteiger partial charge in [0, 0.05) is 45.0 Å². The molecule has 9 nitrogen and oxygen atoms in total. The zero-order chi connectivity index (χ0) is 20.9. The Kier molecular flexibility index (Phi) is 5.99. The van der Waals surface area contributed by atoms with Crippen LogP contribution in [0.4, 0.5) is 11.5 Å². The second kappa shape index (κ2) is 9.00. The van der Waals surface area contributed by atoms with Crippen molar-refractivity contribution in [1.29, 1.82) is 0 Å². The van der Waals surface area contributed by atoms with Crippen LogP contribution >= 0.6 is 0 Å². The van der Waals surface area contributed by atoms with Crippen molar-refractivity contribution in [1.82, 2.24) is 14.8 Å². The van der Waals surface area contributed by atoms with Crippen molar-refractivity contribution >= 4 is 23.3 Å². The minimum Gasteiger partial charge on any atom is -0.497 e. The first-order chi connectivity index (χ1) is 14.6. The molecule has 9 heteroatoms. The van der Waals surface area contributed by atoms with Gasteiger partial charge in [-0.1, -0.05) is 6.07 Å². The lowest BCUT2D eigenvalue weighted by Crippen LogP contribution is -2.49. The molecule has 2 N–H and O–H groups in total. The topological polar surface area (TPSA) is 96.0 Å². The van der Waals surface area contributed by atoms with Crippen LogP contribution in [0.2, 0.25) is 0 Å². The number of carbonyl (C=O) groups excluding carboxylic acids is 2. The monoisotopic (exact) mass is 411 g/mol. The molecule has 2 aliphatic heterocycles. The first-order valence-electron chi connectivity index (χ1n) is 9.94. The standard InChI is InChI=1S/C21H25N5O4/c1-29-16-3-2-4-17(12-16)30-10-9-25-5-7-26(8-6-25)21(28)15-11-18-20(22-13-15)23-14-19(27)24-18/h2-4,11-13H,5-10,14H2,1H3,(H,22,23)(H,24,27). The number of ether oxygens (including phenoxy) is 2. The van der Waals surface area contributed by atoms with Gasteiger partial charge in [-0.05, 0) is 18.2 Å². The zero-order valence-corrected chi connectivity index (χ0v) is 16.9. The molecule has 4 rings (SSSR count). The average molecular weight is 411 g/mol. The highest BCUT2D eigenvalue weighted by Gasteiger charge is 2.24. The van der Waals surface area contributed by atoms with E-state index in [2.05, 4.69) is 20.5 Å². The van der Waals surface area contributed by atoms with Crippen molar-refractivity contribution in [2.75, 3.05) is 63.6 Å². The molecule has 2 amide bonds. The number of aromatic nitrogens is 1. The van der Waals surface area contributed by atoms with E-state index in [1.807, 2.05) is 29.2 Å². The third kappa shape index (κ3) is 4.62. The van der Waals surface area contributed by atoms with Gasteiger partial charge >= 0.3 is 0 Å². The lowest BCUT2D eigenvalue weighted by atomic mass is 10.2. The Hall–Kier alpha value is -3.33. The summed E-state index contributed by atoms with van der Waals surface area (Å²) in [6.45, 7) is 4.39. The predicted octanol–water partition coefficient (Wildman–Crippen LogP) is 1.29. The van der Waals surface area contributed by atoms with Crippen molar-refractivity contribution < 1.29 is 19.1 Å². The van der Waals surface area contributed by atoms with Crippen LogP contribution in [-0.2, 0) is 4.79 Å². The Morgan fingerprint density at radius 3 is 2.77 bits per heavy atom. The molecule has 2 aliphatic rings. The number of anilines is 2. The fourth-order valence-electron chi connectivity index (χ4n) is 3.52. The molecule has 1 aromatic carbocycles. The predicted molar refractivity (Wildman–Crippen MR) is 112 cm³/mol. The van der Waals surface area contributed by atoms with E-state index in [4.69, 9.17) is 9.47 Å². The molecule has 158 valence electrons. The van der Waals surface area contributed by atoms with Crippen LogP contribution in [0.5, 0.6) is 11.5 Å². The van der Waals surface area contributed by atoms with Gasteiger partial charge in [0.15, 0.2) is 0 Å². The van der Waals surface area contributed by atoms with Crippen molar-refractivity contribution in [3.8, 4) is 11.5 Å². The Labute approximate surface area is 175 Å². The Morgan fingerprint density at radius 1 is 1.17 bits per heavy atom.